The largest absolute Gasteiger partial charge is 0.389 e. The first-order valence-electron chi connectivity index (χ1n) is 3.89. The van der Waals surface area contributed by atoms with Crippen molar-refractivity contribution in [2.45, 2.75) is 25.9 Å². The molecule has 62 valence electrons. The van der Waals surface area contributed by atoms with E-state index in [9.17, 15) is 5.11 Å². The monoisotopic (exact) mass is 152 g/mol. The lowest BCUT2D eigenvalue weighted by molar-refractivity contribution is 0.214. The zero-order valence-corrected chi connectivity index (χ0v) is 7.03. The van der Waals surface area contributed by atoms with E-state index in [1.54, 1.807) is 12.2 Å². The van der Waals surface area contributed by atoms with E-state index in [1.807, 2.05) is 25.2 Å². The summed E-state index contributed by atoms with van der Waals surface area (Å²) in [5, 5.41) is 9.20. The number of allylic oxidation sites excluding steroid dienone is 4. The zero-order valence-electron chi connectivity index (χ0n) is 7.03. The molecule has 0 aliphatic carbocycles. The van der Waals surface area contributed by atoms with Crippen molar-refractivity contribution in [2.75, 3.05) is 0 Å². The molecule has 1 nitrogen and oxygen atoms in total. The fraction of sp³-hybridized carbons (Fsp3) is 0.400. The van der Waals surface area contributed by atoms with Crippen LogP contribution in [-0.2, 0) is 0 Å². The van der Waals surface area contributed by atoms with Gasteiger partial charge in [0.1, 0.15) is 0 Å². The molecule has 0 aromatic heterocycles. The summed E-state index contributed by atoms with van der Waals surface area (Å²) in [4.78, 5) is 0. The first kappa shape index (κ1) is 10.2. The molecule has 0 fully saturated rings. The molecule has 1 N–H and O–H groups in total. The highest BCUT2D eigenvalue weighted by Gasteiger charge is 1.93. The van der Waals surface area contributed by atoms with Crippen LogP contribution in [0, 0.1) is 0 Å². The molecule has 0 aromatic rings. The van der Waals surface area contributed by atoms with Crippen molar-refractivity contribution in [3.8, 4) is 0 Å². The Bertz CT molecular complexity index is 145. The molecule has 0 radical (unpaired) electrons. The lowest BCUT2D eigenvalue weighted by atomic mass is 10.2. The summed E-state index contributed by atoms with van der Waals surface area (Å²) in [6.45, 7) is 5.46. The van der Waals surface area contributed by atoms with Gasteiger partial charge in [-0.05, 0) is 19.8 Å². The Morgan fingerprint density at radius 1 is 1.55 bits per heavy atom. The Hall–Kier alpha value is -0.820. The number of aliphatic hydroxyl groups excluding tert-OH is 1. The molecule has 0 aliphatic rings. The summed E-state index contributed by atoms with van der Waals surface area (Å²) in [6.07, 6.45) is 10.7. The molecule has 0 bridgehead atoms. The van der Waals surface area contributed by atoms with Gasteiger partial charge in [0, 0.05) is 0 Å². The van der Waals surface area contributed by atoms with Crippen LogP contribution in [0.3, 0.4) is 0 Å². The first-order chi connectivity index (χ1) is 5.31. The van der Waals surface area contributed by atoms with E-state index in [4.69, 9.17) is 0 Å². The van der Waals surface area contributed by atoms with Crippen LogP contribution in [0.4, 0.5) is 0 Å². The smallest absolute Gasteiger partial charge is 0.0723 e. The molecular weight excluding hydrogens is 136 g/mol. The third-order valence-corrected chi connectivity index (χ3v) is 1.32. The molecule has 1 heteroatoms. The summed E-state index contributed by atoms with van der Waals surface area (Å²) in [5.41, 5.74) is 0. The van der Waals surface area contributed by atoms with Crippen molar-refractivity contribution in [1.29, 1.82) is 0 Å². The fourth-order valence-electron chi connectivity index (χ4n) is 0.778. The van der Waals surface area contributed by atoms with E-state index >= 15 is 0 Å². The Morgan fingerprint density at radius 2 is 2.27 bits per heavy atom. The molecule has 0 aromatic carbocycles. The molecule has 1 atom stereocenters. The van der Waals surface area contributed by atoms with Gasteiger partial charge < -0.3 is 5.11 Å². The minimum atomic E-state index is -0.297. The van der Waals surface area contributed by atoms with Gasteiger partial charge in [0.2, 0.25) is 0 Å². The predicted molar refractivity (Wildman–Crippen MR) is 49.4 cm³/mol. The van der Waals surface area contributed by atoms with Gasteiger partial charge in [-0.3, -0.25) is 0 Å². The van der Waals surface area contributed by atoms with Gasteiger partial charge in [0.25, 0.3) is 0 Å². The fourth-order valence-corrected chi connectivity index (χ4v) is 0.778. The van der Waals surface area contributed by atoms with Crippen LogP contribution in [-0.4, -0.2) is 11.2 Å². The highest BCUT2D eigenvalue weighted by atomic mass is 16.3. The van der Waals surface area contributed by atoms with E-state index in [0.29, 0.717) is 0 Å². The second-order valence-electron chi connectivity index (χ2n) is 2.33. The Morgan fingerprint density at radius 3 is 2.82 bits per heavy atom. The molecule has 0 saturated carbocycles. The maximum absolute atomic E-state index is 9.20. The van der Waals surface area contributed by atoms with Gasteiger partial charge in [0.05, 0.1) is 6.10 Å². The molecule has 1 unspecified atom stereocenters. The normalized spacial score (nSPS) is 14.4. The molecule has 0 heterocycles. The number of rotatable bonds is 5. The average molecular weight is 152 g/mol. The Labute approximate surface area is 68.7 Å². The zero-order chi connectivity index (χ0) is 8.53. The maximum Gasteiger partial charge on any atom is 0.0723 e. The molecule has 0 spiro atoms. The Balaban J connectivity index is 3.37. The highest BCUT2D eigenvalue weighted by Crippen LogP contribution is 1.99. The van der Waals surface area contributed by atoms with Crippen molar-refractivity contribution in [3.63, 3.8) is 0 Å². The standard InChI is InChI=1S/C10H16O/c1-3-5-6-7-9-10(11)8-4-2/h3-6,8,10-11H,1,7,9H2,2H3. The summed E-state index contributed by atoms with van der Waals surface area (Å²) in [6, 6.07) is 0. The van der Waals surface area contributed by atoms with Crippen molar-refractivity contribution in [1.82, 2.24) is 0 Å². The van der Waals surface area contributed by atoms with Gasteiger partial charge in [0.15, 0.2) is 0 Å². The van der Waals surface area contributed by atoms with Crippen LogP contribution in [0.5, 0.6) is 0 Å². The van der Waals surface area contributed by atoms with Gasteiger partial charge in [-0.15, -0.1) is 0 Å². The summed E-state index contributed by atoms with van der Waals surface area (Å²) < 4.78 is 0. The Kier molecular flexibility index (Phi) is 6.75. The van der Waals surface area contributed by atoms with E-state index in [0.717, 1.165) is 12.8 Å². The number of hydrogen-bond donors (Lipinski definition) is 1. The van der Waals surface area contributed by atoms with Gasteiger partial charge in [-0.1, -0.05) is 37.0 Å². The third kappa shape index (κ3) is 7.07. The molecule has 0 amide bonds. The van der Waals surface area contributed by atoms with E-state index in [1.165, 1.54) is 0 Å². The lowest BCUT2D eigenvalue weighted by Gasteiger charge is -2.00. The third-order valence-electron chi connectivity index (χ3n) is 1.32. The van der Waals surface area contributed by atoms with Crippen LogP contribution < -0.4 is 0 Å². The average Bonchev–Trinajstić information content (AvgIpc) is 1.99. The van der Waals surface area contributed by atoms with E-state index in [2.05, 4.69) is 6.58 Å². The number of hydrogen-bond acceptors (Lipinski definition) is 1. The molecule has 0 rings (SSSR count). The highest BCUT2D eigenvalue weighted by molar-refractivity contribution is 4.97. The van der Waals surface area contributed by atoms with Crippen molar-refractivity contribution in [2.24, 2.45) is 0 Å². The van der Waals surface area contributed by atoms with Crippen LogP contribution >= 0.6 is 0 Å². The van der Waals surface area contributed by atoms with Crippen LogP contribution in [0.25, 0.3) is 0 Å². The van der Waals surface area contributed by atoms with Crippen molar-refractivity contribution in [3.05, 3.63) is 37.0 Å². The topological polar surface area (TPSA) is 20.2 Å². The van der Waals surface area contributed by atoms with Crippen molar-refractivity contribution >= 4 is 0 Å². The SMILES string of the molecule is C=CC=CCCC(O)C=CC. The van der Waals surface area contributed by atoms with Crippen LogP contribution in [0.2, 0.25) is 0 Å². The second kappa shape index (κ2) is 7.29. The van der Waals surface area contributed by atoms with Gasteiger partial charge >= 0.3 is 0 Å². The van der Waals surface area contributed by atoms with Gasteiger partial charge in [-0.2, -0.15) is 0 Å². The van der Waals surface area contributed by atoms with E-state index < -0.39 is 0 Å². The number of aliphatic hydroxyl groups is 1. The summed E-state index contributed by atoms with van der Waals surface area (Å²) >= 11 is 0. The second-order valence-corrected chi connectivity index (χ2v) is 2.33. The minimum Gasteiger partial charge on any atom is -0.389 e. The van der Waals surface area contributed by atoms with Crippen molar-refractivity contribution < 1.29 is 5.11 Å². The summed E-state index contributed by atoms with van der Waals surface area (Å²) in [7, 11) is 0. The first-order valence-corrected chi connectivity index (χ1v) is 3.89. The van der Waals surface area contributed by atoms with E-state index in [-0.39, 0.29) is 6.10 Å². The molecule has 0 saturated heterocycles. The lowest BCUT2D eigenvalue weighted by Crippen LogP contribution is -1.99. The molecule has 0 aliphatic heterocycles. The predicted octanol–water partition coefficient (Wildman–Crippen LogP) is 2.45. The minimum absolute atomic E-state index is 0.297. The van der Waals surface area contributed by atoms with Crippen LogP contribution in [0.1, 0.15) is 19.8 Å². The van der Waals surface area contributed by atoms with Gasteiger partial charge in [-0.25, -0.2) is 0 Å². The maximum atomic E-state index is 9.20. The van der Waals surface area contributed by atoms with Crippen LogP contribution in [0.15, 0.2) is 37.0 Å². The summed E-state index contributed by atoms with van der Waals surface area (Å²) in [5.74, 6) is 0. The quantitative estimate of drug-likeness (QED) is 0.474. The molecule has 11 heavy (non-hydrogen) atoms. The molecular formula is C10H16O.